The summed E-state index contributed by atoms with van der Waals surface area (Å²) >= 11 is 0. The van der Waals surface area contributed by atoms with Crippen molar-refractivity contribution in [1.82, 2.24) is 4.98 Å². The number of carbonyl (C=O) groups is 1. The van der Waals surface area contributed by atoms with Gasteiger partial charge in [-0.05, 0) is 12.1 Å². The minimum Gasteiger partial charge on any atom is -0.357 e. The number of rotatable bonds is 0. The van der Waals surface area contributed by atoms with Crippen molar-refractivity contribution in [2.75, 3.05) is 23.8 Å². The van der Waals surface area contributed by atoms with Gasteiger partial charge in [-0.25, -0.2) is 4.98 Å². The number of pyridine rings is 1. The highest BCUT2D eigenvalue weighted by molar-refractivity contribution is 5.95. The molecule has 2 heterocycles. The molecule has 1 aromatic heterocycles. The number of hydrogen-bond donors (Lipinski definition) is 1. The highest BCUT2D eigenvalue weighted by Crippen LogP contribution is 2.23. The van der Waals surface area contributed by atoms with Gasteiger partial charge in [0.1, 0.15) is 0 Å². The molecule has 1 aliphatic heterocycles. The zero-order valence-corrected chi connectivity index (χ0v) is 7.45. The quantitative estimate of drug-likeness (QED) is 0.639. The molecule has 0 saturated carbocycles. The van der Waals surface area contributed by atoms with Gasteiger partial charge < -0.3 is 10.2 Å². The molecular formula is C9H11N3O. The Balaban J connectivity index is 2.43. The van der Waals surface area contributed by atoms with Crippen LogP contribution in [0.25, 0.3) is 0 Å². The normalized spacial score (nSPS) is 16.1. The summed E-state index contributed by atoms with van der Waals surface area (Å²) < 4.78 is 0. The van der Waals surface area contributed by atoms with E-state index in [1.807, 2.05) is 24.1 Å². The molecule has 4 nitrogen and oxygen atoms in total. The van der Waals surface area contributed by atoms with Crippen LogP contribution in [0.15, 0.2) is 18.3 Å². The highest BCUT2D eigenvalue weighted by atomic mass is 16.1. The van der Waals surface area contributed by atoms with Crippen LogP contribution in [0, 0.1) is 0 Å². The minimum absolute atomic E-state index is 0.0543. The standard InChI is InChI=1S/C9H11N3O/c1-12-6-4-8(13)11-7-3-2-5-10-9(7)12/h2-3,5H,4,6H2,1H3,(H,11,13). The van der Waals surface area contributed by atoms with E-state index in [1.54, 1.807) is 6.20 Å². The Labute approximate surface area is 76.6 Å². The van der Waals surface area contributed by atoms with Crippen LogP contribution in [-0.4, -0.2) is 24.5 Å². The van der Waals surface area contributed by atoms with Crippen LogP contribution in [0.3, 0.4) is 0 Å². The molecular weight excluding hydrogens is 166 g/mol. The number of amides is 1. The van der Waals surface area contributed by atoms with Crippen molar-refractivity contribution in [3.05, 3.63) is 18.3 Å². The molecule has 0 fully saturated rings. The van der Waals surface area contributed by atoms with E-state index < -0.39 is 0 Å². The molecule has 0 radical (unpaired) electrons. The molecule has 0 aliphatic carbocycles. The summed E-state index contributed by atoms with van der Waals surface area (Å²) in [5, 5.41) is 2.81. The summed E-state index contributed by atoms with van der Waals surface area (Å²) in [5.74, 6) is 0.895. The van der Waals surface area contributed by atoms with Crippen LogP contribution in [0.4, 0.5) is 11.5 Å². The average Bonchev–Trinajstić information content (AvgIpc) is 2.27. The Bertz CT molecular complexity index is 337. The van der Waals surface area contributed by atoms with E-state index in [2.05, 4.69) is 10.3 Å². The van der Waals surface area contributed by atoms with Crippen molar-refractivity contribution < 1.29 is 4.79 Å². The molecule has 0 aromatic carbocycles. The Morgan fingerprint density at radius 1 is 1.62 bits per heavy atom. The van der Waals surface area contributed by atoms with E-state index >= 15 is 0 Å². The van der Waals surface area contributed by atoms with Crippen LogP contribution >= 0.6 is 0 Å². The lowest BCUT2D eigenvalue weighted by molar-refractivity contribution is -0.115. The summed E-state index contributed by atoms with van der Waals surface area (Å²) in [5.41, 5.74) is 0.799. The highest BCUT2D eigenvalue weighted by Gasteiger charge is 2.16. The number of aromatic nitrogens is 1. The van der Waals surface area contributed by atoms with Gasteiger partial charge in [-0.3, -0.25) is 4.79 Å². The molecule has 0 unspecified atom stereocenters. The maximum absolute atomic E-state index is 11.2. The van der Waals surface area contributed by atoms with Gasteiger partial charge in [0, 0.05) is 26.2 Å². The summed E-state index contributed by atoms with van der Waals surface area (Å²) in [6.45, 7) is 0.718. The second-order valence-corrected chi connectivity index (χ2v) is 3.09. The lowest BCUT2D eigenvalue weighted by Gasteiger charge is -2.15. The van der Waals surface area contributed by atoms with Crippen LogP contribution in [0.1, 0.15) is 6.42 Å². The number of hydrogen-bond acceptors (Lipinski definition) is 3. The predicted molar refractivity (Wildman–Crippen MR) is 50.8 cm³/mol. The van der Waals surface area contributed by atoms with Gasteiger partial charge in [0.25, 0.3) is 0 Å². The van der Waals surface area contributed by atoms with Gasteiger partial charge in [-0.1, -0.05) is 0 Å². The minimum atomic E-state index is 0.0543. The van der Waals surface area contributed by atoms with Crippen molar-refractivity contribution in [3.8, 4) is 0 Å². The third-order valence-electron chi connectivity index (χ3n) is 2.10. The monoisotopic (exact) mass is 177 g/mol. The lowest BCUT2D eigenvalue weighted by Crippen LogP contribution is -2.19. The molecule has 4 heteroatoms. The Hall–Kier alpha value is -1.58. The van der Waals surface area contributed by atoms with E-state index in [1.165, 1.54) is 0 Å². The molecule has 1 amide bonds. The summed E-state index contributed by atoms with van der Waals surface area (Å²) in [6, 6.07) is 3.68. The molecule has 0 atom stereocenters. The van der Waals surface area contributed by atoms with Crippen LogP contribution in [-0.2, 0) is 4.79 Å². The SMILES string of the molecule is CN1CCC(=O)Nc2cccnc21. The second kappa shape index (κ2) is 3.05. The van der Waals surface area contributed by atoms with E-state index in [4.69, 9.17) is 0 Å². The largest absolute Gasteiger partial charge is 0.357 e. The Morgan fingerprint density at radius 3 is 3.31 bits per heavy atom. The smallest absolute Gasteiger partial charge is 0.226 e. The number of carbonyl (C=O) groups excluding carboxylic acids is 1. The molecule has 0 saturated heterocycles. The first-order valence-electron chi connectivity index (χ1n) is 4.23. The van der Waals surface area contributed by atoms with Crippen LogP contribution < -0.4 is 10.2 Å². The molecule has 1 N–H and O–H groups in total. The van der Waals surface area contributed by atoms with Gasteiger partial charge in [0.05, 0.1) is 5.69 Å². The van der Waals surface area contributed by atoms with E-state index in [-0.39, 0.29) is 5.91 Å². The molecule has 68 valence electrons. The molecule has 0 bridgehead atoms. The van der Waals surface area contributed by atoms with Gasteiger partial charge in [-0.15, -0.1) is 0 Å². The van der Waals surface area contributed by atoms with E-state index in [9.17, 15) is 4.79 Å². The van der Waals surface area contributed by atoms with Gasteiger partial charge in [-0.2, -0.15) is 0 Å². The second-order valence-electron chi connectivity index (χ2n) is 3.09. The Kier molecular flexibility index (Phi) is 1.88. The summed E-state index contributed by atoms with van der Waals surface area (Å²) in [7, 11) is 1.94. The van der Waals surface area contributed by atoms with Gasteiger partial charge in [0.2, 0.25) is 5.91 Å². The van der Waals surface area contributed by atoms with E-state index in [0.29, 0.717) is 6.42 Å². The third kappa shape index (κ3) is 1.47. The summed E-state index contributed by atoms with van der Waals surface area (Å²) in [4.78, 5) is 17.4. The maximum Gasteiger partial charge on any atom is 0.226 e. The molecule has 0 spiro atoms. The fourth-order valence-corrected chi connectivity index (χ4v) is 1.39. The number of nitrogens with zero attached hydrogens (tertiary/aromatic N) is 2. The van der Waals surface area contributed by atoms with Crippen molar-refractivity contribution in [1.29, 1.82) is 0 Å². The van der Waals surface area contributed by atoms with Gasteiger partial charge >= 0.3 is 0 Å². The first-order valence-corrected chi connectivity index (χ1v) is 4.23. The fourth-order valence-electron chi connectivity index (χ4n) is 1.39. The van der Waals surface area contributed by atoms with Gasteiger partial charge in [0.15, 0.2) is 5.82 Å². The first-order chi connectivity index (χ1) is 6.27. The zero-order chi connectivity index (χ0) is 9.26. The molecule has 2 rings (SSSR count). The number of nitrogens with one attached hydrogen (secondary N) is 1. The molecule has 13 heavy (non-hydrogen) atoms. The van der Waals surface area contributed by atoms with Crippen molar-refractivity contribution in [2.45, 2.75) is 6.42 Å². The topological polar surface area (TPSA) is 45.2 Å². The Morgan fingerprint density at radius 2 is 2.46 bits per heavy atom. The first kappa shape index (κ1) is 8.04. The predicted octanol–water partition coefficient (Wildman–Crippen LogP) is 0.860. The van der Waals surface area contributed by atoms with E-state index in [0.717, 1.165) is 18.1 Å². The van der Waals surface area contributed by atoms with Crippen LogP contribution in [0.5, 0.6) is 0 Å². The average molecular weight is 177 g/mol. The third-order valence-corrected chi connectivity index (χ3v) is 2.10. The molecule has 1 aliphatic rings. The number of anilines is 2. The van der Waals surface area contributed by atoms with Crippen molar-refractivity contribution in [3.63, 3.8) is 0 Å². The summed E-state index contributed by atoms with van der Waals surface area (Å²) in [6.07, 6.45) is 2.25. The molecule has 1 aromatic rings. The lowest BCUT2D eigenvalue weighted by atomic mass is 10.4. The maximum atomic E-state index is 11.2. The zero-order valence-electron chi connectivity index (χ0n) is 7.45. The van der Waals surface area contributed by atoms with Crippen molar-refractivity contribution in [2.24, 2.45) is 0 Å². The van der Waals surface area contributed by atoms with Crippen LogP contribution in [0.2, 0.25) is 0 Å². The number of fused-ring (bicyclic) bond motifs is 1. The fraction of sp³-hybridized carbons (Fsp3) is 0.333. The van der Waals surface area contributed by atoms with Crippen molar-refractivity contribution >= 4 is 17.4 Å².